The molecular formula is C15H12N4O2S. The number of para-hydroxylation sites is 1. The van der Waals surface area contributed by atoms with Crippen LogP contribution < -0.4 is 5.56 Å². The fourth-order valence-corrected chi connectivity index (χ4v) is 3.28. The molecule has 6 nitrogen and oxygen atoms in total. The van der Waals surface area contributed by atoms with E-state index in [2.05, 4.69) is 20.2 Å². The molecule has 0 unspecified atom stereocenters. The standard InChI is InChI=1S/C15H12N4O2S/c1-8-16-13-10-4-2-3-5-11(10)21-14(13)15(17-8)22-7-9-6-12(20)19-18-9/h2-6H,7H2,1H3,(H2,18,19,20). The minimum atomic E-state index is -0.136. The molecule has 0 spiro atoms. The van der Waals surface area contributed by atoms with Crippen LogP contribution in [0.1, 0.15) is 11.5 Å². The number of nitrogens with one attached hydrogen (secondary N) is 2. The second-order valence-corrected chi connectivity index (χ2v) is 5.89. The smallest absolute Gasteiger partial charge is 0.264 e. The molecule has 7 heteroatoms. The number of nitrogens with zero attached hydrogens (tertiary/aromatic N) is 2. The van der Waals surface area contributed by atoms with E-state index in [9.17, 15) is 4.79 Å². The molecule has 22 heavy (non-hydrogen) atoms. The maximum atomic E-state index is 11.1. The maximum Gasteiger partial charge on any atom is 0.264 e. The van der Waals surface area contributed by atoms with Gasteiger partial charge in [0.1, 0.15) is 22.0 Å². The quantitative estimate of drug-likeness (QED) is 0.448. The lowest BCUT2D eigenvalue weighted by atomic mass is 10.2. The molecule has 3 aromatic heterocycles. The van der Waals surface area contributed by atoms with Crippen molar-refractivity contribution in [2.24, 2.45) is 0 Å². The van der Waals surface area contributed by atoms with Crippen molar-refractivity contribution in [2.45, 2.75) is 17.7 Å². The number of hydrogen-bond donors (Lipinski definition) is 2. The summed E-state index contributed by atoms with van der Waals surface area (Å²) >= 11 is 1.51. The molecule has 0 amide bonds. The second kappa shape index (κ2) is 5.03. The zero-order chi connectivity index (χ0) is 15.1. The van der Waals surface area contributed by atoms with Crippen molar-refractivity contribution in [3.8, 4) is 0 Å². The minimum absolute atomic E-state index is 0.136. The van der Waals surface area contributed by atoms with E-state index < -0.39 is 0 Å². The molecule has 4 aromatic rings. The van der Waals surface area contributed by atoms with Crippen molar-refractivity contribution in [1.29, 1.82) is 0 Å². The summed E-state index contributed by atoms with van der Waals surface area (Å²) in [6.07, 6.45) is 0. The Bertz CT molecular complexity index is 1030. The van der Waals surface area contributed by atoms with E-state index in [1.165, 1.54) is 17.8 Å². The molecular weight excluding hydrogens is 300 g/mol. The number of aromatic amines is 2. The number of furan rings is 1. The largest absolute Gasteiger partial charge is 0.451 e. The van der Waals surface area contributed by atoms with Crippen LogP contribution in [-0.2, 0) is 5.75 Å². The van der Waals surface area contributed by atoms with Crippen LogP contribution in [-0.4, -0.2) is 20.2 Å². The summed E-state index contributed by atoms with van der Waals surface area (Å²) in [7, 11) is 0. The highest BCUT2D eigenvalue weighted by Gasteiger charge is 2.15. The Kier molecular flexibility index (Phi) is 3.00. The Morgan fingerprint density at radius 3 is 2.91 bits per heavy atom. The summed E-state index contributed by atoms with van der Waals surface area (Å²) < 4.78 is 5.91. The average Bonchev–Trinajstić information content (AvgIpc) is 3.08. The van der Waals surface area contributed by atoms with Crippen LogP contribution in [0.15, 0.2) is 44.6 Å². The van der Waals surface area contributed by atoms with Crippen molar-refractivity contribution in [3.05, 3.63) is 52.2 Å². The predicted molar refractivity (Wildman–Crippen MR) is 85.0 cm³/mol. The summed E-state index contributed by atoms with van der Waals surface area (Å²) in [6, 6.07) is 9.35. The molecule has 0 aliphatic carbocycles. The Labute approximate surface area is 128 Å². The van der Waals surface area contributed by atoms with Crippen molar-refractivity contribution in [2.75, 3.05) is 0 Å². The van der Waals surface area contributed by atoms with E-state index in [4.69, 9.17) is 4.42 Å². The lowest BCUT2D eigenvalue weighted by Crippen LogP contribution is -1.93. The van der Waals surface area contributed by atoms with Gasteiger partial charge in [-0.1, -0.05) is 23.9 Å². The summed E-state index contributed by atoms with van der Waals surface area (Å²) in [5.74, 6) is 1.30. The number of rotatable bonds is 3. The van der Waals surface area contributed by atoms with Gasteiger partial charge in [0, 0.05) is 22.9 Å². The first kappa shape index (κ1) is 13.1. The molecule has 0 saturated heterocycles. The summed E-state index contributed by atoms with van der Waals surface area (Å²) in [6.45, 7) is 1.86. The first-order valence-corrected chi connectivity index (χ1v) is 7.74. The van der Waals surface area contributed by atoms with Gasteiger partial charge in [-0.3, -0.25) is 9.89 Å². The topological polar surface area (TPSA) is 87.6 Å². The van der Waals surface area contributed by atoms with Crippen LogP contribution >= 0.6 is 11.8 Å². The SMILES string of the molecule is Cc1nc(SCc2cc(=O)[nH][nH]2)c2oc3ccccc3c2n1. The van der Waals surface area contributed by atoms with Crippen LogP contribution in [0, 0.1) is 6.92 Å². The first-order chi connectivity index (χ1) is 10.7. The summed E-state index contributed by atoms with van der Waals surface area (Å²) in [5.41, 5.74) is 3.00. The van der Waals surface area contributed by atoms with E-state index in [0.717, 1.165) is 27.2 Å². The van der Waals surface area contributed by atoms with Crippen LogP contribution in [0.3, 0.4) is 0 Å². The lowest BCUT2D eigenvalue weighted by Gasteiger charge is -2.01. The fourth-order valence-electron chi connectivity index (χ4n) is 2.37. The molecule has 3 heterocycles. The Morgan fingerprint density at radius 2 is 2.09 bits per heavy atom. The van der Waals surface area contributed by atoms with Crippen LogP contribution in [0.4, 0.5) is 0 Å². The van der Waals surface area contributed by atoms with Crippen LogP contribution in [0.2, 0.25) is 0 Å². The second-order valence-electron chi connectivity index (χ2n) is 4.92. The van der Waals surface area contributed by atoms with Crippen molar-refractivity contribution in [1.82, 2.24) is 20.2 Å². The Balaban J connectivity index is 1.80. The molecule has 1 aromatic carbocycles. The lowest BCUT2D eigenvalue weighted by molar-refractivity contribution is 0.652. The third-order valence-electron chi connectivity index (χ3n) is 3.32. The van der Waals surface area contributed by atoms with E-state index in [1.54, 1.807) is 0 Å². The molecule has 2 N–H and O–H groups in total. The number of H-pyrrole nitrogens is 2. The van der Waals surface area contributed by atoms with Crippen molar-refractivity contribution in [3.63, 3.8) is 0 Å². The predicted octanol–water partition coefficient (Wildman–Crippen LogP) is 2.99. The van der Waals surface area contributed by atoms with E-state index in [1.807, 2.05) is 31.2 Å². The van der Waals surface area contributed by atoms with Gasteiger partial charge in [0.15, 0.2) is 5.58 Å². The third kappa shape index (κ3) is 2.19. The van der Waals surface area contributed by atoms with Crippen molar-refractivity contribution < 1.29 is 4.42 Å². The summed E-state index contributed by atoms with van der Waals surface area (Å²) in [5, 5.41) is 7.12. The van der Waals surface area contributed by atoms with E-state index in [0.29, 0.717) is 17.2 Å². The van der Waals surface area contributed by atoms with E-state index in [-0.39, 0.29) is 5.56 Å². The molecule has 0 atom stereocenters. The fraction of sp³-hybridized carbons (Fsp3) is 0.133. The van der Waals surface area contributed by atoms with Gasteiger partial charge in [-0.15, -0.1) is 0 Å². The normalized spacial score (nSPS) is 11.5. The Morgan fingerprint density at radius 1 is 1.23 bits per heavy atom. The highest BCUT2D eigenvalue weighted by atomic mass is 32.2. The minimum Gasteiger partial charge on any atom is -0.451 e. The van der Waals surface area contributed by atoms with Gasteiger partial charge in [0.2, 0.25) is 0 Å². The molecule has 110 valence electrons. The average molecular weight is 312 g/mol. The molecule has 0 radical (unpaired) electrons. The van der Waals surface area contributed by atoms with Gasteiger partial charge in [-0.25, -0.2) is 9.97 Å². The zero-order valence-corrected chi connectivity index (χ0v) is 12.5. The van der Waals surface area contributed by atoms with Crippen LogP contribution in [0.25, 0.3) is 22.1 Å². The number of thioether (sulfide) groups is 1. The zero-order valence-electron chi connectivity index (χ0n) is 11.7. The van der Waals surface area contributed by atoms with Gasteiger partial charge in [0.25, 0.3) is 5.56 Å². The maximum absolute atomic E-state index is 11.1. The molecule has 0 saturated carbocycles. The molecule has 0 bridgehead atoms. The Hall–Kier alpha value is -2.54. The summed E-state index contributed by atoms with van der Waals surface area (Å²) in [4.78, 5) is 20.1. The van der Waals surface area contributed by atoms with Gasteiger partial charge in [0.05, 0.1) is 0 Å². The molecule has 0 aliphatic rings. The first-order valence-electron chi connectivity index (χ1n) is 6.76. The molecule has 0 aliphatic heterocycles. The highest BCUT2D eigenvalue weighted by Crippen LogP contribution is 2.33. The number of fused-ring (bicyclic) bond motifs is 3. The number of benzene rings is 1. The van der Waals surface area contributed by atoms with E-state index >= 15 is 0 Å². The number of aryl methyl sites for hydroxylation is 1. The monoisotopic (exact) mass is 312 g/mol. The highest BCUT2D eigenvalue weighted by molar-refractivity contribution is 7.98. The van der Waals surface area contributed by atoms with Crippen LogP contribution in [0.5, 0.6) is 0 Å². The van der Waals surface area contributed by atoms with Gasteiger partial charge < -0.3 is 9.52 Å². The van der Waals surface area contributed by atoms with Gasteiger partial charge in [-0.2, -0.15) is 0 Å². The van der Waals surface area contributed by atoms with Gasteiger partial charge >= 0.3 is 0 Å². The molecule has 0 fully saturated rings. The van der Waals surface area contributed by atoms with Crippen molar-refractivity contribution >= 4 is 33.8 Å². The third-order valence-corrected chi connectivity index (χ3v) is 4.32. The van der Waals surface area contributed by atoms with Gasteiger partial charge in [-0.05, 0) is 19.1 Å². The number of aromatic nitrogens is 4. The number of hydrogen-bond acceptors (Lipinski definition) is 5. The molecule has 4 rings (SSSR count).